The van der Waals surface area contributed by atoms with Crippen LogP contribution in [-0.2, 0) is 4.79 Å². The van der Waals surface area contributed by atoms with Crippen LogP contribution in [0.2, 0.25) is 0 Å². The minimum absolute atomic E-state index is 0.00883. The van der Waals surface area contributed by atoms with Crippen molar-refractivity contribution in [2.45, 2.75) is 20.0 Å². The standard InChI is InChI=1S/C13H16F3N3O2/c1-8(2)7-17-12(21)19-10-5-3-9(4-6-10)18-11(20)13(14,15)16/h3-6,8H,7H2,1-2H3,(H,18,20)(H2,17,19,21). The average Bonchev–Trinajstić information content (AvgIpc) is 2.37. The lowest BCUT2D eigenvalue weighted by Gasteiger charge is -2.11. The van der Waals surface area contributed by atoms with E-state index < -0.39 is 18.1 Å². The number of carbonyl (C=O) groups is 2. The van der Waals surface area contributed by atoms with Crippen LogP contribution in [0.5, 0.6) is 0 Å². The molecule has 116 valence electrons. The Morgan fingerprint density at radius 1 is 1.05 bits per heavy atom. The molecule has 0 radical (unpaired) electrons. The maximum atomic E-state index is 12.1. The molecule has 0 saturated heterocycles. The van der Waals surface area contributed by atoms with Crippen molar-refractivity contribution in [2.24, 2.45) is 5.92 Å². The molecule has 0 spiro atoms. The van der Waals surface area contributed by atoms with Crippen LogP contribution in [0, 0.1) is 5.92 Å². The highest BCUT2D eigenvalue weighted by molar-refractivity contribution is 5.95. The first-order valence-electron chi connectivity index (χ1n) is 6.21. The van der Waals surface area contributed by atoms with Crippen LogP contribution >= 0.6 is 0 Å². The number of alkyl halides is 3. The number of rotatable bonds is 4. The maximum Gasteiger partial charge on any atom is 0.471 e. The van der Waals surface area contributed by atoms with Gasteiger partial charge in [0, 0.05) is 17.9 Å². The molecule has 0 aliphatic carbocycles. The Hall–Kier alpha value is -2.25. The van der Waals surface area contributed by atoms with E-state index in [0.29, 0.717) is 18.2 Å². The second-order valence-electron chi connectivity index (χ2n) is 4.76. The normalized spacial score (nSPS) is 11.1. The number of benzene rings is 1. The van der Waals surface area contributed by atoms with E-state index in [4.69, 9.17) is 0 Å². The molecule has 0 aliphatic rings. The second-order valence-corrected chi connectivity index (χ2v) is 4.76. The molecule has 0 aromatic heterocycles. The fourth-order valence-electron chi connectivity index (χ4n) is 1.31. The summed E-state index contributed by atoms with van der Waals surface area (Å²) in [4.78, 5) is 22.2. The first-order chi connectivity index (χ1) is 9.68. The summed E-state index contributed by atoms with van der Waals surface area (Å²) < 4.78 is 36.2. The molecule has 0 saturated carbocycles. The van der Waals surface area contributed by atoms with E-state index in [2.05, 4.69) is 10.6 Å². The number of carbonyl (C=O) groups excluding carboxylic acids is 2. The van der Waals surface area contributed by atoms with Crippen LogP contribution in [-0.4, -0.2) is 24.7 Å². The molecule has 1 rings (SSSR count). The van der Waals surface area contributed by atoms with Gasteiger partial charge in [0.2, 0.25) is 0 Å². The zero-order chi connectivity index (χ0) is 16.0. The Kier molecular flexibility index (Phi) is 5.57. The van der Waals surface area contributed by atoms with E-state index in [1.54, 1.807) is 5.32 Å². The molecule has 1 aromatic carbocycles. The Balaban J connectivity index is 2.54. The van der Waals surface area contributed by atoms with Crippen molar-refractivity contribution in [2.75, 3.05) is 17.2 Å². The van der Waals surface area contributed by atoms with E-state index in [1.807, 2.05) is 13.8 Å². The van der Waals surface area contributed by atoms with Crippen LogP contribution in [0.25, 0.3) is 0 Å². The van der Waals surface area contributed by atoms with Crippen molar-refractivity contribution in [3.8, 4) is 0 Å². The number of hydrogen-bond acceptors (Lipinski definition) is 2. The summed E-state index contributed by atoms with van der Waals surface area (Å²) in [5, 5.41) is 6.86. The SMILES string of the molecule is CC(C)CNC(=O)Nc1ccc(NC(=O)C(F)(F)F)cc1. The highest BCUT2D eigenvalue weighted by Crippen LogP contribution is 2.19. The predicted molar refractivity (Wildman–Crippen MR) is 73.0 cm³/mol. The van der Waals surface area contributed by atoms with Gasteiger partial charge in [-0.25, -0.2) is 4.79 Å². The number of hydrogen-bond donors (Lipinski definition) is 3. The molecule has 21 heavy (non-hydrogen) atoms. The first kappa shape index (κ1) is 16.8. The third kappa shape index (κ3) is 6.15. The number of amides is 3. The van der Waals surface area contributed by atoms with Gasteiger partial charge >= 0.3 is 18.1 Å². The minimum Gasteiger partial charge on any atom is -0.338 e. The summed E-state index contributed by atoms with van der Waals surface area (Å²) in [6, 6.07) is 4.90. The fraction of sp³-hybridized carbons (Fsp3) is 0.385. The van der Waals surface area contributed by atoms with Gasteiger partial charge in [-0.1, -0.05) is 13.8 Å². The zero-order valence-electron chi connectivity index (χ0n) is 11.5. The Labute approximate surface area is 119 Å². The highest BCUT2D eigenvalue weighted by Gasteiger charge is 2.38. The van der Waals surface area contributed by atoms with Gasteiger partial charge in [0.05, 0.1) is 0 Å². The Bertz CT molecular complexity index is 498. The van der Waals surface area contributed by atoms with E-state index in [9.17, 15) is 22.8 Å². The van der Waals surface area contributed by atoms with Crippen molar-refractivity contribution in [3.63, 3.8) is 0 Å². The topological polar surface area (TPSA) is 70.2 Å². The number of nitrogens with one attached hydrogen (secondary N) is 3. The molecule has 3 amide bonds. The summed E-state index contributed by atoms with van der Waals surface area (Å²) in [7, 11) is 0. The minimum atomic E-state index is -4.94. The molecule has 0 atom stereocenters. The Morgan fingerprint density at radius 3 is 1.95 bits per heavy atom. The van der Waals surface area contributed by atoms with E-state index >= 15 is 0 Å². The van der Waals surface area contributed by atoms with Crippen LogP contribution in [0.15, 0.2) is 24.3 Å². The van der Waals surface area contributed by atoms with Gasteiger partial charge in [0.25, 0.3) is 0 Å². The molecule has 5 nitrogen and oxygen atoms in total. The molecular formula is C13H16F3N3O2. The van der Waals surface area contributed by atoms with Crippen LogP contribution in [0.4, 0.5) is 29.3 Å². The highest BCUT2D eigenvalue weighted by atomic mass is 19.4. The summed E-state index contributed by atoms with van der Waals surface area (Å²) in [6.45, 7) is 4.39. The van der Waals surface area contributed by atoms with Crippen molar-refractivity contribution < 1.29 is 22.8 Å². The number of urea groups is 1. The van der Waals surface area contributed by atoms with Gasteiger partial charge in [-0.2, -0.15) is 13.2 Å². The first-order valence-corrected chi connectivity index (χ1v) is 6.21. The van der Waals surface area contributed by atoms with Crippen molar-refractivity contribution in [3.05, 3.63) is 24.3 Å². The lowest BCUT2D eigenvalue weighted by Crippen LogP contribution is -2.31. The van der Waals surface area contributed by atoms with Crippen LogP contribution in [0.1, 0.15) is 13.8 Å². The monoisotopic (exact) mass is 303 g/mol. The number of anilines is 2. The van der Waals surface area contributed by atoms with Gasteiger partial charge in [0.15, 0.2) is 0 Å². The largest absolute Gasteiger partial charge is 0.471 e. The lowest BCUT2D eigenvalue weighted by atomic mass is 10.2. The van der Waals surface area contributed by atoms with E-state index in [1.165, 1.54) is 24.3 Å². The molecule has 0 unspecified atom stereocenters. The third-order valence-corrected chi connectivity index (χ3v) is 2.33. The van der Waals surface area contributed by atoms with Gasteiger partial charge < -0.3 is 16.0 Å². The van der Waals surface area contributed by atoms with Gasteiger partial charge in [-0.3, -0.25) is 4.79 Å². The molecule has 3 N–H and O–H groups in total. The molecule has 0 aliphatic heterocycles. The summed E-state index contributed by atoms with van der Waals surface area (Å²) >= 11 is 0. The predicted octanol–water partition coefficient (Wildman–Crippen LogP) is 2.96. The van der Waals surface area contributed by atoms with E-state index in [-0.39, 0.29) is 5.69 Å². The second kappa shape index (κ2) is 6.96. The zero-order valence-corrected chi connectivity index (χ0v) is 11.5. The molecule has 1 aromatic rings. The van der Waals surface area contributed by atoms with Crippen molar-refractivity contribution >= 4 is 23.3 Å². The van der Waals surface area contributed by atoms with E-state index in [0.717, 1.165) is 0 Å². The number of halogens is 3. The summed E-state index contributed by atoms with van der Waals surface area (Å²) in [5.41, 5.74) is 0.395. The maximum absolute atomic E-state index is 12.1. The molecular weight excluding hydrogens is 287 g/mol. The quantitative estimate of drug-likeness (QED) is 0.800. The summed E-state index contributed by atoms with van der Waals surface area (Å²) in [6.07, 6.45) is -4.94. The third-order valence-electron chi connectivity index (χ3n) is 2.33. The van der Waals surface area contributed by atoms with Gasteiger partial charge in [0.1, 0.15) is 0 Å². The smallest absolute Gasteiger partial charge is 0.338 e. The van der Waals surface area contributed by atoms with Crippen molar-refractivity contribution in [1.29, 1.82) is 0 Å². The fourth-order valence-corrected chi connectivity index (χ4v) is 1.31. The van der Waals surface area contributed by atoms with Gasteiger partial charge in [-0.05, 0) is 30.2 Å². The molecule has 8 heteroatoms. The molecule has 0 heterocycles. The lowest BCUT2D eigenvalue weighted by molar-refractivity contribution is -0.167. The van der Waals surface area contributed by atoms with Crippen LogP contribution in [0.3, 0.4) is 0 Å². The van der Waals surface area contributed by atoms with Crippen LogP contribution < -0.4 is 16.0 Å². The molecule has 0 fully saturated rings. The van der Waals surface area contributed by atoms with Crippen molar-refractivity contribution in [1.82, 2.24) is 5.32 Å². The average molecular weight is 303 g/mol. The Morgan fingerprint density at radius 2 is 1.52 bits per heavy atom. The summed E-state index contributed by atoms with van der Waals surface area (Å²) in [5.74, 6) is -1.74. The molecule has 0 bridgehead atoms. The van der Waals surface area contributed by atoms with Gasteiger partial charge in [-0.15, -0.1) is 0 Å².